The molecule has 4 nitrogen and oxygen atoms in total. The van der Waals surface area contributed by atoms with Crippen molar-refractivity contribution in [1.82, 2.24) is 0 Å². The van der Waals surface area contributed by atoms with E-state index in [1.54, 1.807) is 0 Å². The van der Waals surface area contributed by atoms with Crippen molar-refractivity contribution < 1.29 is 9.78 Å². The van der Waals surface area contributed by atoms with Crippen LogP contribution in [0.3, 0.4) is 0 Å². The van der Waals surface area contributed by atoms with Crippen molar-refractivity contribution in [2.75, 3.05) is 0 Å². The van der Waals surface area contributed by atoms with Crippen molar-refractivity contribution in [2.24, 2.45) is 11.5 Å². The molecule has 4 N–H and O–H groups in total. The van der Waals surface area contributed by atoms with Crippen LogP contribution in [0.2, 0.25) is 0 Å². The summed E-state index contributed by atoms with van der Waals surface area (Å²) in [7, 11) is 0. The standard InChI is InChI=1S/C18H20N2O2/c19-17-13-7-3-1-5-11(13)9-15(17)21-22-16-10-12-6-2-4-8-14(12)18(16)20/h1-8,15-18H,9-10,19-20H2/t15-,16-,17+,18+/m1/s1. The molecule has 4 rings (SSSR count). The molecule has 0 fully saturated rings. The van der Waals surface area contributed by atoms with Gasteiger partial charge in [-0.3, -0.25) is 0 Å². The SMILES string of the molecule is N[C@H]1c2ccccc2C[C@H]1OO[C@@H]1Cc2ccccc2[C@@H]1N. The summed E-state index contributed by atoms with van der Waals surface area (Å²) in [6.45, 7) is 0. The van der Waals surface area contributed by atoms with Gasteiger partial charge in [0.25, 0.3) is 0 Å². The van der Waals surface area contributed by atoms with Gasteiger partial charge in [0.2, 0.25) is 0 Å². The highest BCUT2D eigenvalue weighted by Crippen LogP contribution is 2.35. The molecule has 2 aliphatic carbocycles. The Bertz CT molecular complexity index is 629. The summed E-state index contributed by atoms with van der Waals surface area (Å²) in [5, 5.41) is 0. The second kappa shape index (κ2) is 5.48. The largest absolute Gasteiger partial charge is 0.322 e. The first-order valence-corrected chi connectivity index (χ1v) is 7.73. The topological polar surface area (TPSA) is 70.5 Å². The molecule has 2 aliphatic rings. The lowest BCUT2D eigenvalue weighted by Crippen LogP contribution is -2.31. The fourth-order valence-electron chi connectivity index (χ4n) is 3.51. The first-order chi connectivity index (χ1) is 10.7. The van der Waals surface area contributed by atoms with Crippen molar-refractivity contribution in [3.8, 4) is 0 Å². The molecule has 22 heavy (non-hydrogen) atoms. The Morgan fingerprint density at radius 2 is 1.09 bits per heavy atom. The summed E-state index contributed by atoms with van der Waals surface area (Å²) in [5.41, 5.74) is 17.3. The normalized spacial score (nSPS) is 29.4. The fourth-order valence-corrected chi connectivity index (χ4v) is 3.51. The zero-order valence-corrected chi connectivity index (χ0v) is 12.3. The summed E-state index contributed by atoms with van der Waals surface area (Å²) in [6, 6.07) is 16.1. The Hall–Kier alpha value is -1.72. The molecule has 0 saturated heterocycles. The molecule has 2 aromatic carbocycles. The quantitative estimate of drug-likeness (QED) is 0.673. The number of fused-ring (bicyclic) bond motifs is 2. The van der Waals surface area contributed by atoms with Gasteiger partial charge in [-0.1, -0.05) is 48.5 Å². The number of hydrogen-bond donors (Lipinski definition) is 2. The van der Waals surface area contributed by atoms with E-state index in [-0.39, 0.29) is 24.3 Å². The second-order valence-electron chi connectivity index (χ2n) is 6.13. The predicted octanol–water partition coefficient (Wildman–Crippen LogP) is 2.18. The molecule has 0 spiro atoms. The Labute approximate surface area is 130 Å². The smallest absolute Gasteiger partial charge is 0.116 e. The van der Waals surface area contributed by atoms with Crippen LogP contribution in [-0.4, -0.2) is 12.2 Å². The third-order valence-corrected chi connectivity index (χ3v) is 4.77. The van der Waals surface area contributed by atoms with Crippen molar-refractivity contribution in [2.45, 2.75) is 37.1 Å². The van der Waals surface area contributed by atoms with Crippen LogP contribution in [0.1, 0.15) is 34.3 Å². The van der Waals surface area contributed by atoms with Crippen LogP contribution >= 0.6 is 0 Å². The van der Waals surface area contributed by atoms with Gasteiger partial charge in [0.1, 0.15) is 12.2 Å². The summed E-state index contributed by atoms with van der Waals surface area (Å²) in [4.78, 5) is 11.4. The van der Waals surface area contributed by atoms with Crippen molar-refractivity contribution in [3.63, 3.8) is 0 Å². The van der Waals surface area contributed by atoms with Crippen LogP contribution < -0.4 is 11.5 Å². The van der Waals surface area contributed by atoms with Crippen LogP contribution in [0, 0.1) is 0 Å². The van der Waals surface area contributed by atoms with Gasteiger partial charge in [-0.2, -0.15) is 0 Å². The highest BCUT2D eigenvalue weighted by molar-refractivity contribution is 5.37. The van der Waals surface area contributed by atoms with Crippen LogP contribution in [0.25, 0.3) is 0 Å². The third-order valence-electron chi connectivity index (χ3n) is 4.77. The number of nitrogens with two attached hydrogens (primary N) is 2. The molecule has 2 aromatic rings. The third kappa shape index (κ3) is 2.25. The van der Waals surface area contributed by atoms with E-state index in [9.17, 15) is 0 Å². The van der Waals surface area contributed by atoms with Gasteiger partial charge >= 0.3 is 0 Å². The second-order valence-corrected chi connectivity index (χ2v) is 6.13. The first-order valence-electron chi connectivity index (χ1n) is 7.73. The summed E-state index contributed by atoms with van der Waals surface area (Å²) in [5.74, 6) is 0. The number of rotatable bonds is 3. The maximum atomic E-state index is 6.26. The first kappa shape index (κ1) is 13.9. The maximum absolute atomic E-state index is 6.26. The van der Waals surface area contributed by atoms with E-state index in [0.717, 1.165) is 24.0 Å². The Balaban J connectivity index is 1.41. The Morgan fingerprint density at radius 3 is 1.50 bits per heavy atom. The molecule has 4 heteroatoms. The molecular formula is C18H20N2O2. The van der Waals surface area contributed by atoms with Crippen LogP contribution in [0.15, 0.2) is 48.5 Å². The van der Waals surface area contributed by atoms with E-state index in [1.807, 2.05) is 24.3 Å². The van der Waals surface area contributed by atoms with Gasteiger partial charge < -0.3 is 11.5 Å². The van der Waals surface area contributed by atoms with Gasteiger partial charge in [-0.15, -0.1) is 0 Å². The summed E-state index contributed by atoms with van der Waals surface area (Å²) < 4.78 is 0. The van der Waals surface area contributed by atoms with Crippen molar-refractivity contribution in [1.29, 1.82) is 0 Å². The van der Waals surface area contributed by atoms with Crippen molar-refractivity contribution in [3.05, 3.63) is 70.8 Å². The van der Waals surface area contributed by atoms with Gasteiger partial charge in [0, 0.05) is 12.8 Å². The molecule has 0 aliphatic heterocycles. The van der Waals surface area contributed by atoms with E-state index in [0.29, 0.717) is 0 Å². The predicted molar refractivity (Wildman–Crippen MR) is 83.9 cm³/mol. The van der Waals surface area contributed by atoms with E-state index < -0.39 is 0 Å². The van der Waals surface area contributed by atoms with Crippen LogP contribution in [0.5, 0.6) is 0 Å². The zero-order valence-electron chi connectivity index (χ0n) is 12.3. The Morgan fingerprint density at radius 1 is 0.682 bits per heavy atom. The molecule has 0 unspecified atom stereocenters. The molecule has 0 saturated carbocycles. The molecular weight excluding hydrogens is 276 g/mol. The van der Waals surface area contributed by atoms with Gasteiger partial charge in [0.05, 0.1) is 12.1 Å². The molecule has 0 heterocycles. The monoisotopic (exact) mass is 296 g/mol. The van der Waals surface area contributed by atoms with E-state index in [4.69, 9.17) is 21.2 Å². The van der Waals surface area contributed by atoms with Gasteiger partial charge in [-0.05, 0) is 22.3 Å². The molecule has 0 aromatic heterocycles. The maximum Gasteiger partial charge on any atom is 0.116 e. The van der Waals surface area contributed by atoms with Gasteiger partial charge in [-0.25, -0.2) is 9.78 Å². The van der Waals surface area contributed by atoms with Crippen LogP contribution in [0.4, 0.5) is 0 Å². The average Bonchev–Trinajstić information content (AvgIpc) is 3.04. The minimum Gasteiger partial charge on any atom is -0.322 e. The molecule has 114 valence electrons. The highest BCUT2D eigenvalue weighted by atomic mass is 17.2. The highest BCUT2D eigenvalue weighted by Gasteiger charge is 2.35. The summed E-state index contributed by atoms with van der Waals surface area (Å²) >= 11 is 0. The molecule has 0 bridgehead atoms. The lowest BCUT2D eigenvalue weighted by atomic mass is 10.1. The lowest BCUT2D eigenvalue weighted by molar-refractivity contribution is -0.354. The van der Waals surface area contributed by atoms with E-state index in [1.165, 1.54) is 11.1 Å². The minimum atomic E-state index is -0.145. The molecule has 4 atom stereocenters. The minimum absolute atomic E-state index is 0.142. The van der Waals surface area contributed by atoms with Crippen LogP contribution in [-0.2, 0) is 22.6 Å². The summed E-state index contributed by atoms with van der Waals surface area (Å²) in [6.07, 6.45) is 1.28. The molecule has 0 amide bonds. The lowest BCUT2D eigenvalue weighted by Gasteiger charge is -2.21. The molecule has 0 radical (unpaired) electrons. The zero-order chi connectivity index (χ0) is 15.1. The van der Waals surface area contributed by atoms with Crippen molar-refractivity contribution >= 4 is 0 Å². The van der Waals surface area contributed by atoms with Gasteiger partial charge in [0.15, 0.2) is 0 Å². The average molecular weight is 296 g/mol. The Kier molecular flexibility index (Phi) is 3.47. The number of hydrogen-bond acceptors (Lipinski definition) is 4. The number of benzene rings is 2. The fraction of sp³-hybridized carbons (Fsp3) is 0.333. The van der Waals surface area contributed by atoms with E-state index in [2.05, 4.69) is 24.3 Å². The van der Waals surface area contributed by atoms with E-state index >= 15 is 0 Å².